The molecule has 4 heteroatoms. The summed E-state index contributed by atoms with van der Waals surface area (Å²) < 4.78 is 5.10. The van der Waals surface area contributed by atoms with Crippen molar-refractivity contribution in [2.75, 3.05) is 13.4 Å². The van der Waals surface area contributed by atoms with Crippen LogP contribution in [0.4, 0.5) is 0 Å². The maximum absolute atomic E-state index is 5.10. The van der Waals surface area contributed by atoms with Crippen LogP contribution in [0.1, 0.15) is 11.1 Å². The SMILES string of the molecule is COc1cc(CNCc2ccc(SC)cc2)ccn1. The summed E-state index contributed by atoms with van der Waals surface area (Å²) in [4.78, 5) is 5.38. The van der Waals surface area contributed by atoms with Gasteiger partial charge in [-0.25, -0.2) is 4.98 Å². The molecular weight excluding hydrogens is 256 g/mol. The van der Waals surface area contributed by atoms with Gasteiger partial charge < -0.3 is 10.1 Å². The van der Waals surface area contributed by atoms with Crippen LogP contribution < -0.4 is 10.1 Å². The summed E-state index contributed by atoms with van der Waals surface area (Å²) in [6.07, 6.45) is 3.85. The van der Waals surface area contributed by atoms with E-state index in [1.54, 1.807) is 25.1 Å². The number of benzene rings is 1. The van der Waals surface area contributed by atoms with Crippen molar-refractivity contribution in [3.05, 3.63) is 53.7 Å². The van der Waals surface area contributed by atoms with Gasteiger partial charge in [-0.15, -0.1) is 11.8 Å². The molecule has 2 aromatic rings. The van der Waals surface area contributed by atoms with Gasteiger partial charge in [-0.2, -0.15) is 0 Å². The summed E-state index contributed by atoms with van der Waals surface area (Å²) in [5, 5.41) is 3.42. The number of hydrogen-bond acceptors (Lipinski definition) is 4. The maximum atomic E-state index is 5.10. The number of rotatable bonds is 6. The molecule has 3 nitrogen and oxygen atoms in total. The summed E-state index contributed by atoms with van der Waals surface area (Å²) >= 11 is 1.76. The number of methoxy groups -OCH3 is 1. The predicted molar refractivity (Wildman–Crippen MR) is 79.6 cm³/mol. The van der Waals surface area contributed by atoms with E-state index in [0.717, 1.165) is 13.1 Å². The highest BCUT2D eigenvalue weighted by atomic mass is 32.2. The summed E-state index contributed by atoms with van der Waals surface area (Å²) in [5.41, 5.74) is 2.46. The average Bonchev–Trinajstić information content (AvgIpc) is 2.48. The summed E-state index contributed by atoms with van der Waals surface area (Å²) in [6, 6.07) is 12.6. The van der Waals surface area contributed by atoms with Gasteiger partial charge in [0.15, 0.2) is 0 Å². The first-order valence-electron chi connectivity index (χ1n) is 6.14. The third-order valence-electron chi connectivity index (χ3n) is 2.83. The zero-order valence-electron chi connectivity index (χ0n) is 11.2. The smallest absolute Gasteiger partial charge is 0.213 e. The van der Waals surface area contributed by atoms with Crippen molar-refractivity contribution >= 4 is 11.8 Å². The van der Waals surface area contributed by atoms with Crippen LogP contribution in [0.2, 0.25) is 0 Å². The minimum Gasteiger partial charge on any atom is -0.481 e. The van der Waals surface area contributed by atoms with Gasteiger partial charge in [0.25, 0.3) is 0 Å². The topological polar surface area (TPSA) is 34.1 Å². The highest BCUT2D eigenvalue weighted by Gasteiger charge is 1.98. The van der Waals surface area contributed by atoms with E-state index in [2.05, 4.69) is 40.8 Å². The summed E-state index contributed by atoms with van der Waals surface area (Å²) in [6.45, 7) is 1.67. The third kappa shape index (κ3) is 4.26. The lowest BCUT2D eigenvalue weighted by atomic mass is 10.2. The molecule has 0 aliphatic rings. The number of nitrogens with zero attached hydrogens (tertiary/aromatic N) is 1. The monoisotopic (exact) mass is 274 g/mol. The Bertz CT molecular complexity index is 514. The molecule has 2 rings (SSSR count). The van der Waals surface area contributed by atoms with Gasteiger partial charge in [0, 0.05) is 30.2 Å². The quantitative estimate of drug-likeness (QED) is 0.821. The lowest BCUT2D eigenvalue weighted by Crippen LogP contribution is -2.12. The molecule has 0 saturated heterocycles. The fraction of sp³-hybridized carbons (Fsp3) is 0.267. The Morgan fingerprint density at radius 3 is 2.53 bits per heavy atom. The largest absolute Gasteiger partial charge is 0.481 e. The molecule has 100 valence electrons. The van der Waals surface area contributed by atoms with E-state index in [9.17, 15) is 0 Å². The van der Waals surface area contributed by atoms with Gasteiger partial charge >= 0.3 is 0 Å². The van der Waals surface area contributed by atoms with Gasteiger partial charge in [-0.3, -0.25) is 0 Å². The number of hydrogen-bond donors (Lipinski definition) is 1. The molecule has 0 fully saturated rings. The van der Waals surface area contributed by atoms with Crippen LogP contribution in [0.15, 0.2) is 47.5 Å². The Morgan fingerprint density at radius 2 is 1.84 bits per heavy atom. The standard InChI is InChI=1S/C15H18N2OS/c1-18-15-9-13(7-8-17-15)11-16-10-12-3-5-14(19-2)6-4-12/h3-9,16H,10-11H2,1-2H3. The highest BCUT2D eigenvalue weighted by molar-refractivity contribution is 7.98. The lowest BCUT2D eigenvalue weighted by molar-refractivity contribution is 0.397. The number of pyridine rings is 1. The van der Waals surface area contributed by atoms with E-state index < -0.39 is 0 Å². The third-order valence-corrected chi connectivity index (χ3v) is 3.57. The molecule has 1 N–H and O–H groups in total. The van der Waals surface area contributed by atoms with E-state index in [0.29, 0.717) is 5.88 Å². The van der Waals surface area contributed by atoms with Gasteiger partial charge in [-0.05, 0) is 35.6 Å². The molecule has 0 bridgehead atoms. The van der Waals surface area contributed by atoms with Crippen LogP contribution in [0.5, 0.6) is 5.88 Å². The molecule has 0 radical (unpaired) electrons. The first kappa shape index (κ1) is 13.9. The number of aromatic nitrogens is 1. The van der Waals surface area contributed by atoms with E-state index in [1.807, 2.05) is 12.1 Å². The molecule has 0 atom stereocenters. The van der Waals surface area contributed by atoms with Crippen LogP contribution >= 0.6 is 11.8 Å². The van der Waals surface area contributed by atoms with Crippen molar-refractivity contribution in [1.29, 1.82) is 0 Å². The van der Waals surface area contributed by atoms with Gasteiger partial charge in [0.1, 0.15) is 0 Å². The molecule has 19 heavy (non-hydrogen) atoms. The van der Waals surface area contributed by atoms with Crippen molar-refractivity contribution in [1.82, 2.24) is 10.3 Å². The fourth-order valence-electron chi connectivity index (χ4n) is 1.77. The van der Waals surface area contributed by atoms with E-state index in [4.69, 9.17) is 4.74 Å². The molecule has 1 heterocycles. The predicted octanol–water partition coefficient (Wildman–Crippen LogP) is 3.10. The molecule has 0 aliphatic heterocycles. The van der Waals surface area contributed by atoms with Crippen molar-refractivity contribution < 1.29 is 4.74 Å². The second-order valence-corrected chi connectivity index (χ2v) is 5.04. The lowest BCUT2D eigenvalue weighted by Gasteiger charge is -2.07. The Hall–Kier alpha value is -1.52. The Morgan fingerprint density at radius 1 is 1.11 bits per heavy atom. The van der Waals surface area contributed by atoms with Crippen LogP contribution in [0.25, 0.3) is 0 Å². The van der Waals surface area contributed by atoms with Crippen LogP contribution in [0.3, 0.4) is 0 Å². The zero-order valence-corrected chi connectivity index (χ0v) is 12.0. The first-order chi connectivity index (χ1) is 9.31. The van der Waals surface area contributed by atoms with Crippen LogP contribution in [-0.4, -0.2) is 18.3 Å². The minimum absolute atomic E-state index is 0.656. The number of ether oxygens (including phenoxy) is 1. The first-order valence-corrected chi connectivity index (χ1v) is 7.37. The maximum Gasteiger partial charge on any atom is 0.213 e. The summed E-state index contributed by atoms with van der Waals surface area (Å²) in [7, 11) is 1.63. The van der Waals surface area contributed by atoms with Crippen molar-refractivity contribution in [3.8, 4) is 5.88 Å². The fourth-order valence-corrected chi connectivity index (χ4v) is 2.17. The summed E-state index contributed by atoms with van der Waals surface area (Å²) in [5.74, 6) is 0.656. The van der Waals surface area contributed by atoms with E-state index in [1.165, 1.54) is 16.0 Å². The van der Waals surface area contributed by atoms with Gasteiger partial charge in [0.2, 0.25) is 5.88 Å². The number of nitrogens with one attached hydrogen (secondary N) is 1. The molecule has 0 saturated carbocycles. The molecule has 0 aliphatic carbocycles. The molecular formula is C15H18N2OS. The van der Waals surface area contributed by atoms with Crippen molar-refractivity contribution in [2.24, 2.45) is 0 Å². The number of thioether (sulfide) groups is 1. The second-order valence-electron chi connectivity index (χ2n) is 4.16. The molecule has 1 aromatic carbocycles. The van der Waals surface area contributed by atoms with Crippen molar-refractivity contribution in [2.45, 2.75) is 18.0 Å². The Balaban J connectivity index is 1.85. The van der Waals surface area contributed by atoms with Gasteiger partial charge in [0.05, 0.1) is 7.11 Å². The van der Waals surface area contributed by atoms with Crippen LogP contribution in [0, 0.1) is 0 Å². The van der Waals surface area contributed by atoms with Crippen molar-refractivity contribution in [3.63, 3.8) is 0 Å². The van der Waals surface area contributed by atoms with Gasteiger partial charge in [-0.1, -0.05) is 12.1 Å². The van der Waals surface area contributed by atoms with Crippen LogP contribution in [-0.2, 0) is 13.1 Å². The molecule has 0 spiro atoms. The highest BCUT2D eigenvalue weighted by Crippen LogP contribution is 2.15. The Kier molecular flexibility index (Phi) is 5.24. The molecule has 1 aromatic heterocycles. The molecule has 0 unspecified atom stereocenters. The van der Waals surface area contributed by atoms with E-state index >= 15 is 0 Å². The Labute approximate surface area is 118 Å². The second kappa shape index (κ2) is 7.16. The normalized spacial score (nSPS) is 10.4. The van der Waals surface area contributed by atoms with E-state index in [-0.39, 0.29) is 0 Å². The zero-order chi connectivity index (χ0) is 13.5. The minimum atomic E-state index is 0.656. The molecule has 0 amide bonds. The average molecular weight is 274 g/mol.